The molecule has 5 nitrogen and oxygen atoms in total. The molecular weight excluding hydrogens is 398 g/mol. The van der Waals surface area contributed by atoms with Crippen LogP contribution >= 0.6 is 11.6 Å². The number of hydrogen-bond acceptors (Lipinski definition) is 3. The summed E-state index contributed by atoms with van der Waals surface area (Å²) < 4.78 is 0. The molecule has 0 aromatic heterocycles. The normalized spacial score (nSPS) is 13.3. The molecule has 0 saturated heterocycles. The molecule has 0 bridgehead atoms. The summed E-state index contributed by atoms with van der Waals surface area (Å²) in [6.45, 7) is 5.50. The van der Waals surface area contributed by atoms with Gasteiger partial charge in [-0.1, -0.05) is 37.6 Å². The zero-order valence-electron chi connectivity index (χ0n) is 18.1. The van der Waals surface area contributed by atoms with E-state index in [1.807, 2.05) is 42.1 Å². The van der Waals surface area contributed by atoms with Crippen LogP contribution in [0.2, 0.25) is 5.02 Å². The second kappa shape index (κ2) is 9.52. The molecule has 3 rings (SSSR count). The Morgan fingerprint density at radius 2 is 1.83 bits per heavy atom. The van der Waals surface area contributed by atoms with E-state index in [1.165, 1.54) is 0 Å². The molecule has 160 valence electrons. The van der Waals surface area contributed by atoms with Crippen LogP contribution in [-0.4, -0.2) is 37.4 Å². The Morgan fingerprint density at radius 1 is 1.13 bits per heavy atom. The Hall–Kier alpha value is -2.53. The highest BCUT2D eigenvalue weighted by atomic mass is 35.5. The smallest absolute Gasteiger partial charge is 0.257 e. The first kappa shape index (κ1) is 22.2. The summed E-state index contributed by atoms with van der Waals surface area (Å²) in [6, 6.07) is 12.8. The van der Waals surface area contributed by atoms with Crippen molar-refractivity contribution in [3.8, 4) is 0 Å². The van der Waals surface area contributed by atoms with Gasteiger partial charge in [-0.2, -0.15) is 0 Å². The van der Waals surface area contributed by atoms with Crippen LogP contribution in [0.3, 0.4) is 0 Å². The average Bonchev–Trinajstić information content (AvgIpc) is 3.52. The minimum absolute atomic E-state index is 0.176. The Morgan fingerprint density at radius 3 is 2.43 bits per heavy atom. The van der Waals surface area contributed by atoms with E-state index >= 15 is 0 Å². The lowest BCUT2D eigenvalue weighted by molar-refractivity contribution is -0.133. The standard InChI is InChI=1S/C24H30ClN3O2/c1-16(2)14-28(24(30)17-9-10-17)15-18-13-19(11-12-22(18)27(3)4)26-23(29)20-7-5-6-8-21(20)25/h5-8,11-13,16-17H,9-10,14-15H2,1-4H3,(H,26,29). The van der Waals surface area contributed by atoms with E-state index in [2.05, 4.69) is 19.2 Å². The minimum Gasteiger partial charge on any atom is -0.377 e. The lowest BCUT2D eigenvalue weighted by Gasteiger charge is -2.27. The molecule has 1 fully saturated rings. The van der Waals surface area contributed by atoms with Crippen LogP contribution in [0.1, 0.15) is 42.6 Å². The van der Waals surface area contributed by atoms with E-state index in [1.54, 1.807) is 24.3 Å². The summed E-state index contributed by atoms with van der Waals surface area (Å²) in [5.41, 5.74) is 3.15. The van der Waals surface area contributed by atoms with Gasteiger partial charge in [-0.05, 0) is 54.7 Å². The van der Waals surface area contributed by atoms with Crippen LogP contribution in [0.5, 0.6) is 0 Å². The molecule has 0 unspecified atom stereocenters. The monoisotopic (exact) mass is 427 g/mol. The minimum atomic E-state index is -0.253. The van der Waals surface area contributed by atoms with Crippen molar-refractivity contribution in [2.75, 3.05) is 30.9 Å². The van der Waals surface area contributed by atoms with Gasteiger partial charge in [-0.3, -0.25) is 9.59 Å². The van der Waals surface area contributed by atoms with E-state index in [0.717, 1.165) is 30.6 Å². The summed E-state index contributed by atoms with van der Waals surface area (Å²) in [4.78, 5) is 29.5. The second-order valence-electron chi connectivity index (χ2n) is 8.56. The van der Waals surface area contributed by atoms with Gasteiger partial charge >= 0.3 is 0 Å². The summed E-state index contributed by atoms with van der Waals surface area (Å²) in [7, 11) is 3.96. The van der Waals surface area contributed by atoms with Gasteiger partial charge in [-0.15, -0.1) is 0 Å². The van der Waals surface area contributed by atoms with Gasteiger partial charge in [0.05, 0.1) is 10.6 Å². The molecule has 6 heteroatoms. The van der Waals surface area contributed by atoms with Gasteiger partial charge in [0.15, 0.2) is 0 Å². The molecule has 0 radical (unpaired) electrons. The molecule has 1 aliphatic carbocycles. The molecular formula is C24H30ClN3O2. The third-order valence-electron chi connectivity index (χ3n) is 5.12. The third-order valence-corrected chi connectivity index (χ3v) is 5.45. The number of nitrogens with one attached hydrogen (secondary N) is 1. The SMILES string of the molecule is CC(C)CN(Cc1cc(NC(=O)c2ccccc2Cl)ccc1N(C)C)C(=O)C1CC1. The predicted octanol–water partition coefficient (Wildman–Crippen LogP) is 5.05. The fourth-order valence-corrected chi connectivity index (χ4v) is 3.76. The molecule has 0 atom stereocenters. The van der Waals surface area contributed by atoms with E-state index in [0.29, 0.717) is 28.7 Å². The first-order valence-corrected chi connectivity index (χ1v) is 10.8. The Balaban J connectivity index is 1.85. The molecule has 30 heavy (non-hydrogen) atoms. The second-order valence-corrected chi connectivity index (χ2v) is 8.97. The number of benzene rings is 2. The van der Waals surface area contributed by atoms with Crippen LogP contribution in [0.15, 0.2) is 42.5 Å². The van der Waals surface area contributed by atoms with Crippen molar-refractivity contribution < 1.29 is 9.59 Å². The number of nitrogens with zero attached hydrogens (tertiary/aromatic N) is 2. The van der Waals surface area contributed by atoms with Gasteiger partial charge in [-0.25, -0.2) is 0 Å². The summed E-state index contributed by atoms with van der Waals surface area (Å²) in [5.74, 6) is 0.546. The molecule has 1 aliphatic rings. The molecule has 1 N–H and O–H groups in total. The third kappa shape index (κ3) is 5.54. The molecule has 2 amide bonds. The maximum absolute atomic E-state index is 12.8. The zero-order valence-corrected chi connectivity index (χ0v) is 18.9. The van der Waals surface area contributed by atoms with E-state index in [4.69, 9.17) is 11.6 Å². The van der Waals surface area contributed by atoms with Crippen molar-refractivity contribution in [2.24, 2.45) is 11.8 Å². The summed E-state index contributed by atoms with van der Waals surface area (Å²) in [6.07, 6.45) is 1.98. The van der Waals surface area contributed by atoms with Crippen molar-refractivity contribution in [1.82, 2.24) is 4.90 Å². The highest BCUT2D eigenvalue weighted by molar-refractivity contribution is 6.34. The fourth-order valence-electron chi connectivity index (χ4n) is 3.54. The fraction of sp³-hybridized carbons (Fsp3) is 0.417. The van der Waals surface area contributed by atoms with Crippen molar-refractivity contribution in [3.05, 3.63) is 58.6 Å². The van der Waals surface area contributed by atoms with Crippen LogP contribution in [0.4, 0.5) is 11.4 Å². The van der Waals surface area contributed by atoms with Crippen LogP contribution < -0.4 is 10.2 Å². The number of carbonyl (C=O) groups is 2. The quantitative estimate of drug-likeness (QED) is 0.641. The van der Waals surface area contributed by atoms with Crippen molar-refractivity contribution >= 4 is 34.8 Å². The molecule has 0 heterocycles. The summed E-state index contributed by atoms with van der Waals surface area (Å²) >= 11 is 6.16. The highest BCUT2D eigenvalue weighted by Crippen LogP contribution is 2.33. The molecule has 2 aromatic carbocycles. The highest BCUT2D eigenvalue weighted by Gasteiger charge is 2.33. The number of halogens is 1. The molecule has 0 aliphatic heterocycles. The average molecular weight is 428 g/mol. The molecule has 2 aromatic rings. The number of hydrogen-bond donors (Lipinski definition) is 1. The van der Waals surface area contributed by atoms with Crippen molar-refractivity contribution in [2.45, 2.75) is 33.2 Å². The maximum Gasteiger partial charge on any atom is 0.257 e. The lowest BCUT2D eigenvalue weighted by atomic mass is 10.1. The Labute approximate surface area is 184 Å². The van der Waals surface area contributed by atoms with Gasteiger partial charge in [0.25, 0.3) is 5.91 Å². The Kier molecular flexibility index (Phi) is 7.03. The topological polar surface area (TPSA) is 52.7 Å². The largest absolute Gasteiger partial charge is 0.377 e. The van der Waals surface area contributed by atoms with Crippen LogP contribution in [0, 0.1) is 11.8 Å². The van der Waals surface area contributed by atoms with E-state index in [9.17, 15) is 9.59 Å². The first-order chi connectivity index (χ1) is 14.3. The first-order valence-electron chi connectivity index (χ1n) is 10.4. The Bertz CT molecular complexity index is 922. The van der Waals surface area contributed by atoms with Crippen molar-refractivity contribution in [1.29, 1.82) is 0 Å². The predicted molar refractivity (Wildman–Crippen MR) is 123 cm³/mol. The van der Waals surface area contributed by atoms with Gasteiger partial charge in [0, 0.05) is 44.5 Å². The van der Waals surface area contributed by atoms with Crippen LogP contribution in [-0.2, 0) is 11.3 Å². The zero-order chi connectivity index (χ0) is 21.8. The maximum atomic E-state index is 12.8. The number of rotatable bonds is 8. The van der Waals surface area contributed by atoms with Gasteiger partial charge in [0.1, 0.15) is 0 Å². The van der Waals surface area contributed by atoms with Gasteiger partial charge < -0.3 is 15.1 Å². The summed E-state index contributed by atoms with van der Waals surface area (Å²) in [5, 5.41) is 3.35. The van der Waals surface area contributed by atoms with E-state index in [-0.39, 0.29) is 17.7 Å². The van der Waals surface area contributed by atoms with Crippen LogP contribution in [0.25, 0.3) is 0 Å². The van der Waals surface area contributed by atoms with E-state index < -0.39 is 0 Å². The van der Waals surface area contributed by atoms with Gasteiger partial charge in [0.2, 0.25) is 5.91 Å². The molecule has 0 spiro atoms. The number of anilines is 2. The lowest BCUT2D eigenvalue weighted by Crippen LogP contribution is -2.35. The number of carbonyl (C=O) groups excluding carboxylic acids is 2. The number of amides is 2. The molecule has 1 saturated carbocycles. The van der Waals surface area contributed by atoms with Crippen molar-refractivity contribution in [3.63, 3.8) is 0 Å².